The molecule has 0 aromatic heterocycles. The van der Waals surface area contributed by atoms with Crippen LogP contribution >= 0.6 is 11.8 Å². The summed E-state index contributed by atoms with van der Waals surface area (Å²) in [5.74, 6) is 0.625. The molecule has 0 aromatic carbocycles. The van der Waals surface area contributed by atoms with Gasteiger partial charge in [0.05, 0.1) is 5.54 Å². The lowest BCUT2D eigenvalue weighted by Crippen LogP contribution is -2.56. The van der Waals surface area contributed by atoms with E-state index in [0.717, 1.165) is 18.6 Å². The van der Waals surface area contributed by atoms with Crippen LogP contribution < -0.4 is 11.1 Å². The summed E-state index contributed by atoms with van der Waals surface area (Å²) in [7, 11) is 0. The van der Waals surface area contributed by atoms with Crippen LogP contribution in [0.3, 0.4) is 0 Å². The van der Waals surface area contributed by atoms with Gasteiger partial charge >= 0.3 is 12.0 Å². The molecule has 1 saturated heterocycles. The number of unbranched alkanes of at least 4 members (excludes halogenated alkanes) is 1. The Morgan fingerprint density at radius 2 is 2.17 bits per heavy atom. The number of nitrogens with one attached hydrogen (secondary N) is 1. The van der Waals surface area contributed by atoms with E-state index in [1.165, 1.54) is 0 Å². The Kier molecular flexibility index (Phi) is 5.31. The Morgan fingerprint density at radius 3 is 2.72 bits per heavy atom. The van der Waals surface area contributed by atoms with Crippen molar-refractivity contribution in [1.82, 2.24) is 5.32 Å². The Hall–Kier alpha value is -0.910. The molecule has 5 nitrogen and oxygen atoms in total. The maximum absolute atomic E-state index is 11.1. The van der Waals surface area contributed by atoms with Gasteiger partial charge in [0.2, 0.25) is 0 Å². The van der Waals surface area contributed by atoms with Crippen molar-refractivity contribution in [2.75, 3.05) is 5.75 Å². The summed E-state index contributed by atoms with van der Waals surface area (Å²) in [6, 6.07) is -0.484. The molecule has 0 spiro atoms. The van der Waals surface area contributed by atoms with Crippen molar-refractivity contribution in [1.29, 1.82) is 0 Å². The standard InChI is InChI=1S/C12H22N2O3S/c1-8-7-18-9(5-3-4-6-10(15)16)12(8,2)14-11(13)17/h8-9H,3-7H2,1-2H3,(H,15,16)(H3,13,14,17)/t8-,9+,12+/m1/s1. The highest BCUT2D eigenvalue weighted by molar-refractivity contribution is 8.00. The highest BCUT2D eigenvalue weighted by atomic mass is 32.2. The Morgan fingerprint density at radius 1 is 1.50 bits per heavy atom. The highest BCUT2D eigenvalue weighted by Gasteiger charge is 2.45. The predicted molar refractivity (Wildman–Crippen MR) is 72.6 cm³/mol. The van der Waals surface area contributed by atoms with Crippen LogP contribution in [0.2, 0.25) is 0 Å². The van der Waals surface area contributed by atoms with Gasteiger partial charge in [0, 0.05) is 11.7 Å². The summed E-state index contributed by atoms with van der Waals surface area (Å²) < 4.78 is 0. The zero-order valence-corrected chi connectivity index (χ0v) is 11.8. The number of carboxylic acids is 1. The van der Waals surface area contributed by atoms with Crippen LogP contribution in [-0.2, 0) is 4.79 Å². The third kappa shape index (κ3) is 3.80. The molecule has 1 aliphatic heterocycles. The summed E-state index contributed by atoms with van der Waals surface area (Å²) in [6.07, 6.45) is 2.69. The average molecular weight is 274 g/mol. The van der Waals surface area contributed by atoms with Crippen molar-refractivity contribution in [3.8, 4) is 0 Å². The van der Waals surface area contributed by atoms with E-state index < -0.39 is 12.0 Å². The molecule has 18 heavy (non-hydrogen) atoms. The summed E-state index contributed by atoms with van der Waals surface area (Å²) >= 11 is 1.84. The van der Waals surface area contributed by atoms with E-state index in [1.54, 1.807) is 0 Å². The fraction of sp³-hybridized carbons (Fsp3) is 0.833. The number of rotatable bonds is 6. The molecule has 104 valence electrons. The van der Waals surface area contributed by atoms with Gasteiger partial charge in [-0.25, -0.2) is 4.79 Å². The Balaban J connectivity index is 2.48. The quantitative estimate of drug-likeness (QED) is 0.644. The summed E-state index contributed by atoms with van der Waals surface area (Å²) in [6.45, 7) is 4.14. The monoisotopic (exact) mass is 274 g/mol. The van der Waals surface area contributed by atoms with Crippen molar-refractivity contribution >= 4 is 23.8 Å². The molecule has 1 fully saturated rings. The first-order valence-electron chi connectivity index (χ1n) is 6.27. The topological polar surface area (TPSA) is 92.4 Å². The third-order valence-corrected chi connectivity index (χ3v) is 5.56. The lowest BCUT2D eigenvalue weighted by molar-refractivity contribution is -0.137. The average Bonchev–Trinajstić information content (AvgIpc) is 2.50. The van der Waals surface area contributed by atoms with E-state index in [9.17, 15) is 9.59 Å². The van der Waals surface area contributed by atoms with E-state index in [4.69, 9.17) is 10.8 Å². The van der Waals surface area contributed by atoms with E-state index in [2.05, 4.69) is 12.2 Å². The molecule has 4 N–H and O–H groups in total. The largest absolute Gasteiger partial charge is 0.481 e. The summed E-state index contributed by atoms with van der Waals surface area (Å²) in [4.78, 5) is 21.5. The van der Waals surface area contributed by atoms with Crippen molar-refractivity contribution in [3.63, 3.8) is 0 Å². The number of carbonyl (C=O) groups is 2. The molecule has 0 unspecified atom stereocenters. The van der Waals surface area contributed by atoms with Crippen LogP contribution in [0.4, 0.5) is 4.79 Å². The van der Waals surface area contributed by atoms with Gasteiger partial charge in [-0.2, -0.15) is 11.8 Å². The smallest absolute Gasteiger partial charge is 0.312 e. The summed E-state index contributed by atoms with van der Waals surface area (Å²) in [5, 5.41) is 11.8. The number of thioether (sulfide) groups is 1. The number of hydrogen-bond donors (Lipinski definition) is 3. The molecule has 2 amide bonds. The lowest BCUT2D eigenvalue weighted by Gasteiger charge is -2.35. The van der Waals surface area contributed by atoms with Gasteiger partial charge < -0.3 is 16.2 Å². The molecule has 1 aliphatic rings. The molecule has 6 heteroatoms. The van der Waals surface area contributed by atoms with E-state index >= 15 is 0 Å². The molecule has 0 bridgehead atoms. The minimum atomic E-state index is -0.750. The zero-order valence-electron chi connectivity index (χ0n) is 10.9. The third-order valence-electron chi connectivity index (χ3n) is 3.74. The second-order valence-corrected chi connectivity index (χ2v) is 6.37. The first kappa shape index (κ1) is 15.1. The lowest BCUT2D eigenvalue weighted by atomic mass is 9.83. The van der Waals surface area contributed by atoms with Gasteiger partial charge in [-0.15, -0.1) is 0 Å². The molecular formula is C12H22N2O3S. The van der Waals surface area contributed by atoms with Gasteiger partial charge in [0.15, 0.2) is 0 Å². The number of carboxylic acid groups (broad SMARTS) is 1. The number of primary amides is 1. The molecular weight excluding hydrogens is 252 g/mol. The Labute approximate surface area is 112 Å². The zero-order chi connectivity index (χ0) is 13.8. The number of nitrogens with two attached hydrogens (primary N) is 1. The highest BCUT2D eigenvalue weighted by Crippen LogP contribution is 2.42. The van der Waals surface area contributed by atoms with E-state index in [-0.39, 0.29) is 12.0 Å². The second-order valence-electron chi connectivity index (χ2n) is 5.13. The number of carbonyl (C=O) groups excluding carboxylic acids is 1. The normalized spacial score (nSPS) is 31.2. The molecule has 0 saturated carbocycles. The minimum Gasteiger partial charge on any atom is -0.481 e. The van der Waals surface area contributed by atoms with Crippen LogP contribution in [0.5, 0.6) is 0 Å². The van der Waals surface area contributed by atoms with Crippen LogP contribution in [-0.4, -0.2) is 33.6 Å². The number of amides is 2. The molecule has 0 aliphatic carbocycles. The summed E-state index contributed by atoms with van der Waals surface area (Å²) in [5.41, 5.74) is 4.96. The molecule has 1 heterocycles. The first-order chi connectivity index (χ1) is 8.36. The fourth-order valence-corrected chi connectivity index (χ4v) is 4.22. The minimum absolute atomic E-state index is 0.215. The van der Waals surface area contributed by atoms with Crippen LogP contribution in [0.1, 0.15) is 39.5 Å². The van der Waals surface area contributed by atoms with Gasteiger partial charge in [0.25, 0.3) is 0 Å². The van der Waals surface area contributed by atoms with Crippen molar-refractivity contribution in [2.24, 2.45) is 11.7 Å². The van der Waals surface area contributed by atoms with Gasteiger partial charge in [-0.1, -0.05) is 13.3 Å². The number of hydrogen-bond acceptors (Lipinski definition) is 3. The van der Waals surface area contributed by atoms with Gasteiger partial charge in [-0.05, 0) is 31.4 Å². The van der Waals surface area contributed by atoms with Crippen LogP contribution in [0.15, 0.2) is 0 Å². The SMILES string of the molecule is C[C@@H]1CS[C@@H](CCCCC(=O)O)[C@@]1(C)NC(N)=O. The second kappa shape index (κ2) is 6.31. The molecule has 0 aromatic rings. The van der Waals surface area contributed by atoms with Gasteiger partial charge in [-0.3, -0.25) is 4.79 Å². The Bertz CT molecular complexity index is 324. The van der Waals surface area contributed by atoms with Crippen molar-refractivity contribution in [2.45, 2.75) is 50.3 Å². The maximum Gasteiger partial charge on any atom is 0.312 e. The molecule has 1 rings (SSSR count). The predicted octanol–water partition coefficient (Wildman–Crippen LogP) is 1.81. The first-order valence-corrected chi connectivity index (χ1v) is 7.32. The number of aliphatic carboxylic acids is 1. The van der Waals surface area contributed by atoms with Crippen LogP contribution in [0, 0.1) is 5.92 Å². The van der Waals surface area contributed by atoms with E-state index in [0.29, 0.717) is 17.6 Å². The van der Waals surface area contributed by atoms with E-state index in [1.807, 2.05) is 18.7 Å². The molecule has 3 atom stereocenters. The number of urea groups is 1. The fourth-order valence-electron chi connectivity index (χ4n) is 2.38. The van der Waals surface area contributed by atoms with Crippen LogP contribution in [0.25, 0.3) is 0 Å². The van der Waals surface area contributed by atoms with Crippen molar-refractivity contribution in [3.05, 3.63) is 0 Å². The molecule has 0 radical (unpaired) electrons. The van der Waals surface area contributed by atoms with Crippen molar-refractivity contribution < 1.29 is 14.7 Å². The van der Waals surface area contributed by atoms with Gasteiger partial charge in [0.1, 0.15) is 0 Å². The maximum atomic E-state index is 11.1.